The molecule has 3 atom stereocenters. The van der Waals surface area contributed by atoms with Crippen LogP contribution in [-0.4, -0.2) is 38.3 Å². The van der Waals surface area contributed by atoms with Gasteiger partial charge in [0.15, 0.2) is 20.2 Å². The van der Waals surface area contributed by atoms with Crippen LogP contribution in [0, 0.1) is 0 Å². The average Bonchev–Trinajstić information content (AvgIpc) is 2.90. The summed E-state index contributed by atoms with van der Waals surface area (Å²) in [5, 5.41) is -0.0504. The summed E-state index contributed by atoms with van der Waals surface area (Å²) in [6, 6.07) is 9.34. The number of carbonyl (C=O) groups is 2. The van der Waals surface area contributed by atoms with Gasteiger partial charge in [0.25, 0.3) is 0 Å². The molecule has 1 aliphatic carbocycles. The van der Waals surface area contributed by atoms with Crippen LogP contribution in [0.1, 0.15) is 32.8 Å². The third-order valence-electron chi connectivity index (χ3n) is 5.76. The van der Waals surface area contributed by atoms with E-state index in [4.69, 9.17) is 14.0 Å². The normalized spacial score (nSPS) is 25.3. The molecule has 2 aliphatic rings. The lowest BCUT2D eigenvalue weighted by Crippen LogP contribution is -2.52. The molecular weight excluding hydrogens is 374 g/mol. The molecule has 0 amide bonds. The molecule has 1 unspecified atom stereocenters. The van der Waals surface area contributed by atoms with Crippen LogP contribution in [0.2, 0.25) is 18.1 Å². The molecule has 1 N–H and O–H groups in total. The van der Waals surface area contributed by atoms with Crippen LogP contribution in [0.15, 0.2) is 42.0 Å². The van der Waals surface area contributed by atoms with E-state index in [-0.39, 0.29) is 23.2 Å². The summed E-state index contributed by atoms with van der Waals surface area (Å²) < 4.78 is 11.8. The number of ether oxygens (including phenoxy) is 1. The number of fused-ring (bicyclic) bond motifs is 1. The van der Waals surface area contributed by atoms with Crippen LogP contribution in [-0.2, 0) is 30.2 Å². The summed E-state index contributed by atoms with van der Waals surface area (Å²) in [5.41, 5.74) is 4.68. The van der Waals surface area contributed by atoms with Gasteiger partial charge in [0.1, 0.15) is 6.10 Å². The zero-order valence-electron chi connectivity index (χ0n) is 17.2. The minimum Gasteiger partial charge on any atom is -0.454 e. The highest BCUT2D eigenvalue weighted by molar-refractivity contribution is 6.74. The molecule has 1 heterocycles. The standard InChI is InChI=1S/C21H29NO5Si/c1-21(2,3)28(4,5)27-20-17(23)11-15-16(12-18(24)26-19(15)20)22-25-13-14-9-7-6-8-10-14/h6-11,16,19-20,22H,12-13H2,1-5H3/t16-,19?,20-/m1/s1. The minimum atomic E-state index is -2.20. The Morgan fingerprint density at radius 3 is 2.50 bits per heavy atom. The van der Waals surface area contributed by atoms with E-state index in [1.54, 1.807) is 6.08 Å². The van der Waals surface area contributed by atoms with Crippen molar-refractivity contribution in [3.05, 3.63) is 47.5 Å². The Morgan fingerprint density at radius 2 is 1.86 bits per heavy atom. The second-order valence-electron chi connectivity index (χ2n) is 8.90. The Bertz CT molecular complexity index is 769. The van der Waals surface area contributed by atoms with E-state index in [0.29, 0.717) is 6.61 Å². The molecule has 0 aromatic heterocycles. The average molecular weight is 404 g/mol. The van der Waals surface area contributed by atoms with Gasteiger partial charge in [-0.3, -0.25) is 14.4 Å². The molecule has 3 rings (SSSR count). The van der Waals surface area contributed by atoms with Gasteiger partial charge in [0.05, 0.1) is 19.1 Å². The van der Waals surface area contributed by atoms with Gasteiger partial charge in [-0.2, -0.15) is 5.48 Å². The zero-order chi connectivity index (χ0) is 20.5. The summed E-state index contributed by atoms with van der Waals surface area (Å²) >= 11 is 0. The van der Waals surface area contributed by atoms with E-state index in [1.165, 1.54) is 0 Å². The van der Waals surface area contributed by atoms with Crippen molar-refractivity contribution < 1.29 is 23.6 Å². The van der Waals surface area contributed by atoms with Crippen LogP contribution in [0.3, 0.4) is 0 Å². The molecule has 28 heavy (non-hydrogen) atoms. The largest absolute Gasteiger partial charge is 0.454 e. The van der Waals surface area contributed by atoms with Crippen LogP contribution in [0.25, 0.3) is 0 Å². The van der Waals surface area contributed by atoms with Crippen molar-refractivity contribution in [2.45, 2.75) is 70.2 Å². The first kappa shape index (κ1) is 20.9. The highest BCUT2D eigenvalue weighted by Gasteiger charge is 2.50. The zero-order valence-corrected chi connectivity index (χ0v) is 18.2. The number of esters is 1. The van der Waals surface area contributed by atoms with Crippen LogP contribution >= 0.6 is 0 Å². The Hall–Kier alpha value is -1.80. The van der Waals surface area contributed by atoms with Crippen molar-refractivity contribution in [2.75, 3.05) is 0 Å². The number of rotatable bonds is 6. The van der Waals surface area contributed by atoms with Crippen LogP contribution in [0.4, 0.5) is 0 Å². The fraction of sp³-hybridized carbons (Fsp3) is 0.524. The molecule has 7 heteroatoms. The number of nitrogens with one attached hydrogen (secondary N) is 1. The van der Waals surface area contributed by atoms with E-state index in [2.05, 4.69) is 39.3 Å². The van der Waals surface area contributed by atoms with Gasteiger partial charge >= 0.3 is 5.97 Å². The predicted octanol–water partition coefficient (Wildman–Crippen LogP) is 3.29. The van der Waals surface area contributed by atoms with Crippen molar-refractivity contribution >= 4 is 20.1 Å². The number of carbonyl (C=O) groups excluding carboxylic acids is 2. The summed E-state index contributed by atoms with van der Waals surface area (Å²) in [5.74, 6) is -0.504. The molecule has 6 nitrogen and oxygen atoms in total. The van der Waals surface area contributed by atoms with Crippen LogP contribution in [0.5, 0.6) is 0 Å². The van der Waals surface area contributed by atoms with Crippen molar-refractivity contribution in [3.8, 4) is 0 Å². The number of benzene rings is 1. The maximum Gasteiger partial charge on any atom is 0.308 e. The quantitative estimate of drug-likeness (QED) is 0.446. The second kappa shape index (κ2) is 7.91. The maximum absolute atomic E-state index is 12.7. The Balaban J connectivity index is 1.68. The smallest absolute Gasteiger partial charge is 0.308 e. The lowest BCUT2D eigenvalue weighted by atomic mass is 9.98. The molecule has 0 radical (unpaired) electrons. The van der Waals surface area contributed by atoms with Gasteiger partial charge < -0.3 is 9.16 Å². The van der Waals surface area contributed by atoms with E-state index in [1.807, 2.05) is 30.3 Å². The lowest BCUT2D eigenvalue weighted by molar-refractivity contribution is -0.158. The first-order valence-corrected chi connectivity index (χ1v) is 12.5. The van der Waals surface area contributed by atoms with Gasteiger partial charge in [-0.05, 0) is 35.3 Å². The summed E-state index contributed by atoms with van der Waals surface area (Å²) in [6.07, 6.45) is 0.231. The number of hydrogen-bond donors (Lipinski definition) is 1. The topological polar surface area (TPSA) is 73.9 Å². The summed E-state index contributed by atoms with van der Waals surface area (Å²) in [4.78, 5) is 30.4. The fourth-order valence-electron chi connectivity index (χ4n) is 3.08. The van der Waals surface area contributed by atoms with Gasteiger partial charge in [-0.15, -0.1) is 0 Å². The third-order valence-corrected chi connectivity index (χ3v) is 10.2. The molecule has 0 bridgehead atoms. The molecule has 152 valence electrons. The molecule has 1 aromatic rings. The number of hydrogen-bond acceptors (Lipinski definition) is 6. The van der Waals surface area contributed by atoms with Gasteiger partial charge in [0, 0.05) is 0 Å². The van der Waals surface area contributed by atoms with Crippen molar-refractivity contribution in [1.82, 2.24) is 5.48 Å². The van der Waals surface area contributed by atoms with Crippen LogP contribution < -0.4 is 5.48 Å². The Kier molecular flexibility index (Phi) is 5.91. The van der Waals surface area contributed by atoms with Gasteiger partial charge in [-0.1, -0.05) is 51.1 Å². The predicted molar refractivity (Wildman–Crippen MR) is 108 cm³/mol. The monoisotopic (exact) mass is 403 g/mol. The highest BCUT2D eigenvalue weighted by atomic mass is 28.4. The molecular formula is C21H29NO5Si. The van der Waals surface area contributed by atoms with Gasteiger partial charge in [0.2, 0.25) is 0 Å². The van der Waals surface area contributed by atoms with Crippen molar-refractivity contribution in [1.29, 1.82) is 0 Å². The minimum absolute atomic E-state index is 0.0504. The highest BCUT2D eigenvalue weighted by Crippen LogP contribution is 2.40. The van der Waals surface area contributed by atoms with E-state index in [9.17, 15) is 9.59 Å². The third kappa shape index (κ3) is 4.43. The first-order chi connectivity index (χ1) is 13.1. The molecule has 0 spiro atoms. The number of hydroxylamine groups is 1. The molecule has 1 aromatic carbocycles. The first-order valence-electron chi connectivity index (χ1n) is 9.62. The van der Waals surface area contributed by atoms with Crippen molar-refractivity contribution in [3.63, 3.8) is 0 Å². The summed E-state index contributed by atoms with van der Waals surface area (Å²) in [7, 11) is -2.20. The molecule has 1 fully saturated rings. The lowest BCUT2D eigenvalue weighted by Gasteiger charge is -2.40. The molecule has 1 aliphatic heterocycles. The Labute approximate surface area is 167 Å². The van der Waals surface area contributed by atoms with Gasteiger partial charge in [-0.25, -0.2) is 0 Å². The molecule has 0 saturated carbocycles. The second-order valence-corrected chi connectivity index (χ2v) is 13.7. The Morgan fingerprint density at radius 1 is 1.18 bits per heavy atom. The fourth-order valence-corrected chi connectivity index (χ4v) is 4.31. The molecule has 1 saturated heterocycles. The van der Waals surface area contributed by atoms with E-state index >= 15 is 0 Å². The summed E-state index contributed by atoms with van der Waals surface area (Å²) in [6.45, 7) is 10.9. The van der Waals surface area contributed by atoms with Crippen molar-refractivity contribution in [2.24, 2.45) is 0 Å². The van der Waals surface area contributed by atoms with E-state index < -0.39 is 26.6 Å². The number of ketones is 1. The SMILES string of the molecule is CC(C)(C)[Si](C)(C)O[C@@H]1C(=O)C=C2C1OC(=O)C[C@H]2NOCc1ccccc1. The maximum atomic E-state index is 12.7. The van der Waals surface area contributed by atoms with E-state index in [0.717, 1.165) is 11.1 Å².